The topological polar surface area (TPSA) is 143 Å². The van der Waals surface area contributed by atoms with E-state index >= 15 is 0 Å². The minimum atomic E-state index is -2.84. The molecule has 0 saturated heterocycles. The Balaban J connectivity index is 0.000000716. The number of nitrogens with zero attached hydrogens (tertiary/aromatic N) is 2. The van der Waals surface area contributed by atoms with Crippen molar-refractivity contribution in [3.63, 3.8) is 0 Å². The normalized spacial score (nSPS) is 11.4. The van der Waals surface area contributed by atoms with Gasteiger partial charge < -0.3 is 46.4 Å². The van der Waals surface area contributed by atoms with Crippen molar-refractivity contribution in [3.05, 3.63) is 72.3 Å². The number of aliphatic carboxylic acids is 2. The van der Waals surface area contributed by atoms with Gasteiger partial charge in [0.05, 0.1) is 11.9 Å². The van der Waals surface area contributed by atoms with E-state index in [0.717, 1.165) is 25.7 Å². The molecule has 0 spiro atoms. The van der Waals surface area contributed by atoms with Crippen molar-refractivity contribution in [1.82, 2.24) is 0 Å². The monoisotopic (exact) mass is 682 g/mol. The summed E-state index contributed by atoms with van der Waals surface area (Å²) in [5.41, 5.74) is 2.40. The number of rotatable bonds is 20. The maximum absolute atomic E-state index is 9.41. The fraction of sp³-hybridized carbons (Fsp3) is 0.562. The van der Waals surface area contributed by atoms with Crippen molar-refractivity contribution in [3.8, 4) is 0 Å². The third kappa shape index (κ3) is 15.2. The minimum Gasteiger partial charge on any atom is -0.545 e. The van der Waals surface area contributed by atoms with Crippen LogP contribution in [0.25, 0.3) is 0 Å². The van der Waals surface area contributed by atoms with Crippen molar-refractivity contribution >= 4 is 29.9 Å². The summed E-state index contributed by atoms with van der Waals surface area (Å²) in [5.74, 6) is -3.09. The summed E-state index contributed by atoms with van der Waals surface area (Å²) in [6.07, 6.45) is 8.93. The zero-order valence-corrected chi connectivity index (χ0v) is 30.8. The smallest absolute Gasteiger partial charge is 0.545 e. The maximum Gasteiger partial charge on any atom is 0.872 e. The van der Waals surface area contributed by atoms with E-state index in [9.17, 15) is 19.8 Å². The van der Waals surface area contributed by atoms with Crippen molar-refractivity contribution in [2.75, 3.05) is 39.6 Å². The van der Waals surface area contributed by atoms with Gasteiger partial charge >= 0.3 is 17.9 Å². The SMILES string of the molecule is CCCc1cccc[n+]1[Si](OCC)(OCC)OCC.CCCc1cccc[n+]1[Si](OCC)(OCC)OCC.O=C([O-])/C=C\C(=O)[O-]. The van der Waals surface area contributed by atoms with Gasteiger partial charge in [0.15, 0.2) is 23.8 Å². The molecule has 0 aromatic carbocycles. The van der Waals surface area contributed by atoms with E-state index in [1.165, 1.54) is 11.4 Å². The number of aromatic nitrogens is 2. The molecule has 2 aromatic heterocycles. The van der Waals surface area contributed by atoms with Crippen molar-refractivity contribution < 1.29 is 54.8 Å². The van der Waals surface area contributed by atoms with E-state index in [1.807, 2.05) is 78.2 Å². The van der Waals surface area contributed by atoms with E-state index in [4.69, 9.17) is 26.6 Å². The van der Waals surface area contributed by atoms with Crippen LogP contribution in [0.2, 0.25) is 0 Å². The lowest BCUT2D eigenvalue weighted by Gasteiger charge is -2.21. The highest BCUT2D eigenvalue weighted by atomic mass is 28.4. The molecule has 0 bridgehead atoms. The number of hydrogen-bond acceptors (Lipinski definition) is 10. The van der Waals surface area contributed by atoms with Crippen LogP contribution in [-0.2, 0) is 49.0 Å². The molecule has 0 atom stereocenters. The first-order valence-corrected chi connectivity index (χ1v) is 19.4. The van der Waals surface area contributed by atoms with E-state index in [2.05, 4.69) is 34.4 Å². The summed E-state index contributed by atoms with van der Waals surface area (Å²) in [4.78, 5) is 18.8. The van der Waals surface area contributed by atoms with Gasteiger partial charge in [-0.2, -0.15) is 0 Å². The largest absolute Gasteiger partial charge is 0.872 e. The summed E-state index contributed by atoms with van der Waals surface area (Å²) in [6.45, 7) is 19.7. The van der Waals surface area contributed by atoms with Crippen LogP contribution in [0.1, 0.15) is 79.6 Å². The highest BCUT2D eigenvalue weighted by Gasteiger charge is 2.60. The molecule has 0 radical (unpaired) electrons. The Labute approximate surface area is 277 Å². The molecule has 12 nitrogen and oxygen atoms in total. The Morgan fingerprint density at radius 2 is 0.848 bits per heavy atom. The molecule has 2 rings (SSSR count). The Kier molecular flexibility index (Phi) is 23.7. The second-order valence-corrected chi connectivity index (χ2v) is 14.0. The van der Waals surface area contributed by atoms with Crippen LogP contribution < -0.4 is 18.7 Å². The standard InChI is InChI=1S/2C14H26NO3Si.C4H4O4/c2*1-5-11-14-12-9-10-13-15(14)19(16-6-2,17-7-3)18-8-4;5-3(6)1-2-4(7)8/h2*9-10,12-13H,5-8,11H2,1-4H3;1-2H,(H,5,6)(H,7,8)/q2*+1;/p-2/b;;2-1-. The second kappa shape index (κ2) is 25.3. The van der Waals surface area contributed by atoms with Crippen LogP contribution in [0.5, 0.6) is 0 Å². The van der Waals surface area contributed by atoms with Gasteiger partial charge in [-0.15, -0.1) is 0 Å². The van der Waals surface area contributed by atoms with Crippen LogP contribution in [0.15, 0.2) is 60.9 Å². The number of carbonyl (C=O) groups is 2. The third-order valence-corrected chi connectivity index (χ3v) is 11.8. The van der Waals surface area contributed by atoms with Crippen molar-refractivity contribution in [2.24, 2.45) is 0 Å². The second-order valence-electron chi connectivity index (χ2n) is 9.24. The lowest BCUT2D eigenvalue weighted by Crippen LogP contribution is -2.72. The number of carbonyl (C=O) groups excluding carboxylic acids is 2. The van der Waals surface area contributed by atoms with Crippen LogP contribution in [0.4, 0.5) is 0 Å². The summed E-state index contributed by atoms with van der Waals surface area (Å²) >= 11 is 0. The molecule has 0 fully saturated rings. The minimum absolute atomic E-state index is 0.384. The molecular weight excluding hydrogens is 629 g/mol. The molecule has 260 valence electrons. The lowest BCUT2D eigenvalue weighted by molar-refractivity contribution is -0.604. The Hall–Kier alpha value is -2.83. The molecule has 0 N–H and O–H groups in total. The molecule has 2 aromatic rings. The van der Waals surface area contributed by atoms with E-state index in [0.29, 0.717) is 51.8 Å². The Morgan fingerprint density at radius 3 is 1.07 bits per heavy atom. The molecule has 0 aliphatic heterocycles. The summed E-state index contributed by atoms with van der Waals surface area (Å²) in [7, 11) is -5.67. The zero-order valence-electron chi connectivity index (χ0n) is 28.8. The van der Waals surface area contributed by atoms with Gasteiger partial charge in [0.2, 0.25) is 0 Å². The molecular formula is C32H54N2O10Si2. The van der Waals surface area contributed by atoms with Gasteiger partial charge in [0, 0.05) is 76.7 Å². The highest BCUT2D eigenvalue weighted by Crippen LogP contribution is 2.11. The average Bonchev–Trinajstić information content (AvgIpc) is 3.02. The first-order chi connectivity index (χ1) is 22.1. The number of carboxylic acid groups (broad SMARTS) is 2. The number of carboxylic acids is 2. The Morgan fingerprint density at radius 1 is 0.565 bits per heavy atom. The van der Waals surface area contributed by atoms with Crippen molar-refractivity contribution in [2.45, 2.75) is 81.1 Å². The molecule has 0 aliphatic rings. The van der Waals surface area contributed by atoms with E-state index < -0.39 is 29.9 Å². The van der Waals surface area contributed by atoms with Gasteiger partial charge in [0.25, 0.3) is 0 Å². The zero-order chi connectivity index (χ0) is 34.8. The fourth-order valence-corrected chi connectivity index (χ4v) is 9.45. The summed E-state index contributed by atoms with van der Waals surface area (Å²) < 4.78 is 39.8. The lowest BCUT2D eigenvalue weighted by atomic mass is 10.2. The van der Waals surface area contributed by atoms with Crippen LogP contribution in [0.3, 0.4) is 0 Å². The number of pyridine rings is 2. The molecule has 0 saturated carbocycles. The Bertz CT molecular complexity index is 1030. The quantitative estimate of drug-likeness (QED) is 0.150. The summed E-state index contributed by atoms with van der Waals surface area (Å²) in [6, 6.07) is 12.3. The highest BCUT2D eigenvalue weighted by molar-refractivity contribution is 6.51. The number of aryl methyl sites for hydroxylation is 2. The number of hydrogen-bond donors (Lipinski definition) is 0. The van der Waals surface area contributed by atoms with Crippen molar-refractivity contribution in [1.29, 1.82) is 0 Å². The molecule has 14 heteroatoms. The van der Waals surface area contributed by atoms with Crippen LogP contribution in [-0.4, -0.2) is 69.5 Å². The predicted molar refractivity (Wildman–Crippen MR) is 172 cm³/mol. The molecule has 0 amide bonds. The first-order valence-electron chi connectivity index (χ1n) is 16.0. The molecule has 46 heavy (non-hydrogen) atoms. The average molecular weight is 683 g/mol. The van der Waals surface area contributed by atoms with Gasteiger partial charge in [-0.3, -0.25) is 0 Å². The molecule has 0 aliphatic carbocycles. The molecule has 2 heterocycles. The summed E-state index contributed by atoms with van der Waals surface area (Å²) in [5, 5.41) is 18.8. The van der Waals surface area contributed by atoms with E-state index in [1.54, 1.807) is 0 Å². The maximum atomic E-state index is 9.41. The molecule has 0 unspecified atom stereocenters. The first kappa shape index (κ1) is 43.2. The van der Waals surface area contributed by atoms with Crippen LogP contribution >= 0.6 is 0 Å². The van der Waals surface area contributed by atoms with Gasteiger partial charge in [-0.25, -0.2) is 8.47 Å². The fourth-order valence-electron chi connectivity index (χ4n) is 4.31. The van der Waals surface area contributed by atoms with E-state index in [-0.39, 0.29) is 0 Å². The van der Waals surface area contributed by atoms with Gasteiger partial charge in [-0.1, -0.05) is 26.0 Å². The third-order valence-electron chi connectivity index (χ3n) is 5.81. The van der Waals surface area contributed by atoms with Gasteiger partial charge in [0.1, 0.15) is 0 Å². The predicted octanol–water partition coefficient (Wildman–Crippen LogP) is 1.68. The van der Waals surface area contributed by atoms with Gasteiger partial charge in [-0.05, 0) is 66.5 Å². The van der Waals surface area contributed by atoms with Crippen LogP contribution in [0, 0.1) is 0 Å².